The largest absolute Gasteiger partial charge is 0.382 e. The molecule has 0 aliphatic rings. The molecule has 0 aromatic carbocycles. The van der Waals surface area contributed by atoms with Crippen molar-refractivity contribution < 1.29 is 9.63 Å². The summed E-state index contributed by atoms with van der Waals surface area (Å²) < 4.78 is 5.17. The van der Waals surface area contributed by atoms with Gasteiger partial charge < -0.3 is 9.63 Å². The third-order valence-corrected chi connectivity index (χ3v) is 2.34. The predicted molar refractivity (Wildman–Crippen MR) is 71.1 cm³/mol. The highest BCUT2D eigenvalue weighted by molar-refractivity contribution is 5.64. The van der Waals surface area contributed by atoms with E-state index in [2.05, 4.69) is 10.1 Å². The van der Waals surface area contributed by atoms with Gasteiger partial charge in [0.2, 0.25) is 0 Å². The number of nitrogens with zero attached hydrogens (tertiary/aromatic N) is 2. The molecule has 0 saturated heterocycles. The van der Waals surface area contributed by atoms with Crippen molar-refractivity contribution in [2.45, 2.75) is 40.2 Å². The Labute approximate surface area is 108 Å². The summed E-state index contributed by atoms with van der Waals surface area (Å²) in [7, 11) is 0. The first-order chi connectivity index (χ1) is 8.50. The molecule has 0 aliphatic heterocycles. The molecule has 0 radical (unpaired) electrons. The maximum Gasteiger partial charge on any atom is 0.177 e. The molecule has 0 atom stereocenters. The first kappa shape index (κ1) is 14.4. The first-order valence-electron chi connectivity index (χ1n) is 6.10. The van der Waals surface area contributed by atoms with E-state index in [1.165, 1.54) is 0 Å². The van der Waals surface area contributed by atoms with Gasteiger partial charge in [0.1, 0.15) is 5.60 Å². The molecule has 2 heterocycles. The predicted octanol–water partition coefficient (Wildman–Crippen LogP) is 3.30. The molecule has 2 aromatic heterocycles. The molecule has 0 aliphatic carbocycles. The number of pyridine rings is 1. The summed E-state index contributed by atoms with van der Waals surface area (Å²) in [4.78, 5) is 4.25. The lowest BCUT2D eigenvalue weighted by Crippen LogP contribution is -2.15. The second kappa shape index (κ2) is 5.78. The van der Waals surface area contributed by atoms with Crippen LogP contribution in [-0.4, -0.2) is 15.2 Å². The highest BCUT2D eigenvalue weighted by Gasteiger charge is 2.28. The van der Waals surface area contributed by atoms with Gasteiger partial charge in [0, 0.05) is 6.20 Å². The number of rotatable bonds is 2. The van der Waals surface area contributed by atoms with Gasteiger partial charge in [-0.2, -0.15) is 0 Å². The summed E-state index contributed by atoms with van der Waals surface area (Å²) in [6.07, 6.45) is 1.70. The number of hydrogen-bond donors (Lipinski definition) is 1. The average molecular weight is 248 g/mol. The second-order valence-corrected chi connectivity index (χ2v) is 4.25. The molecular formula is C14H20N2O2. The van der Waals surface area contributed by atoms with Crippen molar-refractivity contribution in [2.75, 3.05) is 0 Å². The molecule has 4 heteroatoms. The van der Waals surface area contributed by atoms with Crippen molar-refractivity contribution in [2.24, 2.45) is 0 Å². The standard InChI is InChI=1S/C12H14N2O2.C2H6/c1-8-10(9-6-4-5-7-13-9)11(16-14-8)12(2,3)15;1-2/h4-7,15H,1-3H3;1-2H3. The van der Waals surface area contributed by atoms with Crippen LogP contribution in [0.4, 0.5) is 0 Å². The third kappa shape index (κ3) is 2.96. The second-order valence-electron chi connectivity index (χ2n) is 4.25. The van der Waals surface area contributed by atoms with E-state index in [0.29, 0.717) is 5.76 Å². The number of aromatic nitrogens is 2. The lowest BCUT2D eigenvalue weighted by Gasteiger charge is -2.14. The van der Waals surface area contributed by atoms with Crippen molar-refractivity contribution in [1.29, 1.82) is 0 Å². The summed E-state index contributed by atoms with van der Waals surface area (Å²) in [5.74, 6) is 0.448. The fourth-order valence-electron chi connectivity index (χ4n) is 1.60. The average Bonchev–Trinajstić information content (AvgIpc) is 2.75. The normalized spacial score (nSPS) is 10.8. The van der Waals surface area contributed by atoms with E-state index in [1.807, 2.05) is 39.0 Å². The Morgan fingerprint density at radius 1 is 1.22 bits per heavy atom. The molecule has 0 bridgehead atoms. The first-order valence-corrected chi connectivity index (χ1v) is 6.10. The van der Waals surface area contributed by atoms with Gasteiger partial charge in [-0.05, 0) is 32.9 Å². The monoisotopic (exact) mass is 248 g/mol. The molecule has 2 aromatic rings. The van der Waals surface area contributed by atoms with Crippen molar-refractivity contribution in [1.82, 2.24) is 10.1 Å². The quantitative estimate of drug-likeness (QED) is 0.885. The minimum Gasteiger partial charge on any atom is -0.382 e. The summed E-state index contributed by atoms with van der Waals surface area (Å²) >= 11 is 0. The van der Waals surface area contributed by atoms with Crippen molar-refractivity contribution >= 4 is 0 Å². The SMILES string of the molecule is CC.Cc1noc(C(C)(C)O)c1-c1ccccn1. The Morgan fingerprint density at radius 3 is 2.39 bits per heavy atom. The maximum absolute atomic E-state index is 9.98. The zero-order valence-corrected chi connectivity index (χ0v) is 11.6. The fraction of sp³-hybridized carbons (Fsp3) is 0.429. The van der Waals surface area contributed by atoms with Crippen LogP contribution >= 0.6 is 0 Å². The van der Waals surface area contributed by atoms with Crippen LogP contribution in [0.25, 0.3) is 11.3 Å². The van der Waals surface area contributed by atoms with Crippen LogP contribution in [0.2, 0.25) is 0 Å². The lowest BCUT2D eigenvalue weighted by molar-refractivity contribution is 0.0482. The molecule has 0 fully saturated rings. The molecule has 1 N–H and O–H groups in total. The lowest BCUT2D eigenvalue weighted by atomic mass is 9.98. The van der Waals surface area contributed by atoms with Crippen LogP contribution in [0.3, 0.4) is 0 Å². The molecule has 98 valence electrons. The Morgan fingerprint density at radius 2 is 1.89 bits per heavy atom. The molecule has 0 saturated carbocycles. The molecule has 0 amide bonds. The fourth-order valence-corrected chi connectivity index (χ4v) is 1.60. The number of hydrogen-bond acceptors (Lipinski definition) is 4. The van der Waals surface area contributed by atoms with E-state index in [1.54, 1.807) is 20.0 Å². The summed E-state index contributed by atoms with van der Waals surface area (Å²) in [5.41, 5.74) is 1.20. The highest BCUT2D eigenvalue weighted by Crippen LogP contribution is 2.32. The van der Waals surface area contributed by atoms with Gasteiger partial charge in [0.25, 0.3) is 0 Å². The van der Waals surface area contributed by atoms with Gasteiger partial charge in [-0.25, -0.2) is 0 Å². The topological polar surface area (TPSA) is 59.2 Å². The van der Waals surface area contributed by atoms with Gasteiger partial charge in [-0.3, -0.25) is 4.98 Å². The van der Waals surface area contributed by atoms with Crippen LogP contribution < -0.4 is 0 Å². The van der Waals surface area contributed by atoms with Crippen molar-refractivity contribution in [3.05, 3.63) is 35.9 Å². The van der Waals surface area contributed by atoms with E-state index in [4.69, 9.17) is 4.52 Å². The van der Waals surface area contributed by atoms with Crippen LogP contribution in [0.1, 0.15) is 39.1 Å². The van der Waals surface area contributed by atoms with E-state index in [9.17, 15) is 5.11 Å². The smallest absolute Gasteiger partial charge is 0.177 e. The number of aliphatic hydroxyl groups is 1. The summed E-state index contributed by atoms with van der Waals surface area (Å²) in [5, 5.41) is 13.9. The van der Waals surface area contributed by atoms with Crippen LogP contribution in [0.5, 0.6) is 0 Å². The molecule has 4 nitrogen and oxygen atoms in total. The van der Waals surface area contributed by atoms with Gasteiger partial charge in [0.15, 0.2) is 5.76 Å². The third-order valence-electron chi connectivity index (χ3n) is 2.34. The minimum absolute atomic E-state index is 0.448. The molecule has 0 unspecified atom stereocenters. The maximum atomic E-state index is 9.98. The molecular weight excluding hydrogens is 228 g/mol. The van der Waals surface area contributed by atoms with Crippen LogP contribution in [-0.2, 0) is 5.60 Å². The van der Waals surface area contributed by atoms with Gasteiger partial charge >= 0.3 is 0 Å². The summed E-state index contributed by atoms with van der Waals surface area (Å²) in [6, 6.07) is 5.60. The number of aryl methyl sites for hydroxylation is 1. The molecule has 2 rings (SSSR count). The zero-order valence-electron chi connectivity index (χ0n) is 11.6. The zero-order chi connectivity index (χ0) is 13.8. The Bertz CT molecular complexity index is 484. The van der Waals surface area contributed by atoms with Crippen LogP contribution in [0, 0.1) is 6.92 Å². The Kier molecular flexibility index (Phi) is 4.62. The summed E-state index contributed by atoms with van der Waals surface area (Å²) in [6.45, 7) is 9.17. The van der Waals surface area contributed by atoms with E-state index in [0.717, 1.165) is 17.0 Å². The van der Waals surface area contributed by atoms with E-state index >= 15 is 0 Å². The molecule has 0 spiro atoms. The Hall–Kier alpha value is -1.68. The minimum atomic E-state index is -1.06. The Balaban J connectivity index is 0.000000771. The highest BCUT2D eigenvalue weighted by atomic mass is 16.5. The van der Waals surface area contributed by atoms with Crippen molar-refractivity contribution in [3.63, 3.8) is 0 Å². The van der Waals surface area contributed by atoms with Gasteiger partial charge in [0.05, 0.1) is 17.0 Å². The molecule has 18 heavy (non-hydrogen) atoms. The van der Waals surface area contributed by atoms with Gasteiger partial charge in [-0.15, -0.1) is 0 Å². The van der Waals surface area contributed by atoms with Gasteiger partial charge in [-0.1, -0.05) is 25.1 Å². The van der Waals surface area contributed by atoms with E-state index in [-0.39, 0.29) is 0 Å². The van der Waals surface area contributed by atoms with Crippen molar-refractivity contribution in [3.8, 4) is 11.3 Å². The van der Waals surface area contributed by atoms with Crippen LogP contribution in [0.15, 0.2) is 28.9 Å². The van der Waals surface area contributed by atoms with E-state index < -0.39 is 5.60 Å².